The molecule has 0 aliphatic heterocycles. The SMILES string of the molecule is CCNCC(Cc1c(Br)c(C)nn1C)c1ccc(C)cc1. The molecule has 0 bridgehead atoms. The molecule has 0 spiro atoms. The first kappa shape index (κ1) is 16.2. The van der Waals surface area contributed by atoms with Gasteiger partial charge in [-0.3, -0.25) is 4.68 Å². The van der Waals surface area contributed by atoms with E-state index in [0.29, 0.717) is 5.92 Å². The van der Waals surface area contributed by atoms with Crippen LogP contribution >= 0.6 is 15.9 Å². The summed E-state index contributed by atoms with van der Waals surface area (Å²) in [4.78, 5) is 0. The van der Waals surface area contributed by atoms with Crippen LogP contribution in [0.5, 0.6) is 0 Å². The Balaban J connectivity index is 2.25. The quantitative estimate of drug-likeness (QED) is 0.860. The van der Waals surface area contributed by atoms with Crippen LogP contribution in [-0.4, -0.2) is 22.9 Å². The van der Waals surface area contributed by atoms with Crippen LogP contribution in [0.2, 0.25) is 0 Å². The minimum atomic E-state index is 0.455. The summed E-state index contributed by atoms with van der Waals surface area (Å²) in [6.07, 6.45) is 0.980. The van der Waals surface area contributed by atoms with Crippen LogP contribution in [0.15, 0.2) is 28.7 Å². The van der Waals surface area contributed by atoms with Gasteiger partial charge in [-0.15, -0.1) is 0 Å². The highest BCUT2D eigenvalue weighted by molar-refractivity contribution is 9.10. The Hall–Kier alpha value is -1.13. The molecule has 1 unspecified atom stereocenters. The van der Waals surface area contributed by atoms with Crippen LogP contribution in [0.1, 0.15) is 35.4 Å². The molecule has 0 fully saturated rings. The number of aromatic nitrogens is 2. The van der Waals surface area contributed by atoms with Gasteiger partial charge in [-0.2, -0.15) is 5.10 Å². The molecule has 1 aromatic heterocycles. The number of likely N-dealkylation sites (N-methyl/N-ethyl adjacent to an activating group) is 1. The van der Waals surface area contributed by atoms with E-state index in [-0.39, 0.29) is 0 Å². The number of nitrogens with one attached hydrogen (secondary N) is 1. The van der Waals surface area contributed by atoms with Crippen molar-refractivity contribution in [2.45, 2.75) is 33.1 Å². The van der Waals surface area contributed by atoms with Gasteiger partial charge in [0.1, 0.15) is 0 Å². The Morgan fingerprint density at radius 1 is 1.24 bits per heavy atom. The minimum Gasteiger partial charge on any atom is -0.316 e. The standard InChI is InChI=1S/C17H24BrN3/c1-5-19-11-15(14-8-6-12(2)7-9-14)10-16-17(18)13(3)20-21(16)4/h6-9,15,19H,5,10-11H2,1-4H3. The molecule has 2 aromatic rings. The first-order chi connectivity index (χ1) is 10.0. The topological polar surface area (TPSA) is 29.9 Å². The first-order valence-corrected chi connectivity index (χ1v) is 8.27. The molecule has 1 atom stereocenters. The van der Waals surface area contributed by atoms with Crippen molar-refractivity contribution in [1.29, 1.82) is 0 Å². The van der Waals surface area contributed by atoms with Crippen molar-refractivity contribution in [3.8, 4) is 0 Å². The monoisotopic (exact) mass is 349 g/mol. The summed E-state index contributed by atoms with van der Waals surface area (Å²) in [6, 6.07) is 8.87. The fourth-order valence-corrected chi connectivity index (χ4v) is 3.10. The summed E-state index contributed by atoms with van der Waals surface area (Å²) in [5.41, 5.74) is 5.00. The van der Waals surface area contributed by atoms with E-state index >= 15 is 0 Å². The molecule has 0 aliphatic carbocycles. The second kappa shape index (κ2) is 7.23. The molecule has 0 radical (unpaired) electrons. The molecule has 114 valence electrons. The summed E-state index contributed by atoms with van der Waals surface area (Å²) < 4.78 is 3.13. The summed E-state index contributed by atoms with van der Waals surface area (Å²) in [6.45, 7) is 8.30. The highest BCUT2D eigenvalue weighted by Crippen LogP contribution is 2.27. The van der Waals surface area contributed by atoms with E-state index in [9.17, 15) is 0 Å². The van der Waals surface area contributed by atoms with Gasteiger partial charge < -0.3 is 5.32 Å². The van der Waals surface area contributed by atoms with Crippen LogP contribution in [-0.2, 0) is 13.5 Å². The average molecular weight is 350 g/mol. The minimum absolute atomic E-state index is 0.455. The van der Waals surface area contributed by atoms with Gasteiger partial charge in [0.25, 0.3) is 0 Å². The van der Waals surface area contributed by atoms with Gasteiger partial charge >= 0.3 is 0 Å². The number of nitrogens with zero attached hydrogens (tertiary/aromatic N) is 2. The highest BCUT2D eigenvalue weighted by atomic mass is 79.9. The molecule has 1 aromatic carbocycles. The average Bonchev–Trinajstić information content (AvgIpc) is 2.70. The van der Waals surface area contributed by atoms with Crippen LogP contribution < -0.4 is 5.32 Å². The third-order valence-electron chi connectivity index (χ3n) is 3.89. The maximum Gasteiger partial charge on any atom is 0.0738 e. The fourth-order valence-electron chi connectivity index (χ4n) is 2.60. The molecular weight excluding hydrogens is 326 g/mol. The van der Waals surface area contributed by atoms with E-state index in [2.05, 4.69) is 64.5 Å². The van der Waals surface area contributed by atoms with Gasteiger partial charge in [-0.05, 0) is 48.3 Å². The van der Waals surface area contributed by atoms with Crippen molar-refractivity contribution >= 4 is 15.9 Å². The molecule has 0 saturated heterocycles. The molecule has 2 rings (SSSR count). The zero-order valence-electron chi connectivity index (χ0n) is 13.3. The zero-order valence-corrected chi connectivity index (χ0v) is 14.9. The largest absolute Gasteiger partial charge is 0.316 e. The lowest BCUT2D eigenvalue weighted by Crippen LogP contribution is -2.23. The van der Waals surface area contributed by atoms with E-state index in [1.54, 1.807) is 0 Å². The van der Waals surface area contributed by atoms with Gasteiger partial charge in [0.05, 0.1) is 15.9 Å². The lowest BCUT2D eigenvalue weighted by molar-refractivity contribution is 0.569. The third-order valence-corrected chi connectivity index (χ3v) is 4.92. The number of hydrogen-bond acceptors (Lipinski definition) is 2. The molecular formula is C17H24BrN3. The Labute approximate surface area is 135 Å². The van der Waals surface area contributed by atoms with Gasteiger partial charge in [0.2, 0.25) is 0 Å². The second-order valence-corrected chi connectivity index (χ2v) is 6.38. The number of benzene rings is 1. The Bertz CT molecular complexity index is 587. The van der Waals surface area contributed by atoms with Crippen molar-refractivity contribution in [2.75, 3.05) is 13.1 Å². The number of hydrogen-bond donors (Lipinski definition) is 1. The Kier molecular flexibility index (Phi) is 5.59. The zero-order chi connectivity index (χ0) is 15.4. The van der Waals surface area contributed by atoms with Gasteiger partial charge in [0, 0.05) is 19.5 Å². The van der Waals surface area contributed by atoms with E-state index in [1.807, 2.05) is 18.7 Å². The lowest BCUT2D eigenvalue weighted by Gasteiger charge is -2.18. The van der Waals surface area contributed by atoms with Crippen LogP contribution in [0.25, 0.3) is 0 Å². The van der Waals surface area contributed by atoms with E-state index in [0.717, 1.165) is 29.7 Å². The van der Waals surface area contributed by atoms with Gasteiger partial charge in [0.15, 0.2) is 0 Å². The number of rotatable bonds is 6. The summed E-state index contributed by atoms with van der Waals surface area (Å²) in [5.74, 6) is 0.455. The molecule has 1 N–H and O–H groups in total. The fraction of sp³-hybridized carbons (Fsp3) is 0.471. The van der Waals surface area contributed by atoms with Crippen molar-refractivity contribution in [2.24, 2.45) is 7.05 Å². The van der Waals surface area contributed by atoms with E-state index < -0.39 is 0 Å². The summed E-state index contributed by atoms with van der Waals surface area (Å²) in [5, 5.41) is 7.98. The first-order valence-electron chi connectivity index (χ1n) is 7.48. The summed E-state index contributed by atoms with van der Waals surface area (Å²) >= 11 is 3.68. The van der Waals surface area contributed by atoms with Crippen molar-refractivity contribution in [3.63, 3.8) is 0 Å². The van der Waals surface area contributed by atoms with Crippen molar-refractivity contribution in [3.05, 3.63) is 51.3 Å². The van der Waals surface area contributed by atoms with Crippen molar-refractivity contribution in [1.82, 2.24) is 15.1 Å². The molecule has 0 amide bonds. The molecule has 0 saturated carbocycles. The Morgan fingerprint density at radius 2 is 1.90 bits per heavy atom. The van der Waals surface area contributed by atoms with E-state index in [1.165, 1.54) is 16.8 Å². The predicted octanol–water partition coefficient (Wildman–Crippen LogP) is 3.74. The molecule has 0 aliphatic rings. The summed E-state index contributed by atoms with van der Waals surface area (Å²) in [7, 11) is 2.02. The van der Waals surface area contributed by atoms with Gasteiger partial charge in [-0.1, -0.05) is 36.8 Å². The second-order valence-electron chi connectivity index (χ2n) is 5.59. The van der Waals surface area contributed by atoms with Crippen LogP contribution in [0.4, 0.5) is 0 Å². The normalized spacial score (nSPS) is 12.6. The van der Waals surface area contributed by atoms with Crippen LogP contribution in [0.3, 0.4) is 0 Å². The smallest absolute Gasteiger partial charge is 0.0738 e. The number of aryl methyl sites for hydroxylation is 3. The maximum absolute atomic E-state index is 4.50. The van der Waals surface area contributed by atoms with Crippen LogP contribution in [0, 0.1) is 13.8 Å². The van der Waals surface area contributed by atoms with Gasteiger partial charge in [-0.25, -0.2) is 0 Å². The highest BCUT2D eigenvalue weighted by Gasteiger charge is 2.18. The number of halogens is 1. The molecule has 3 nitrogen and oxygen atoms in total. The van der Waals surface area contributed by atoms with Crippen molar-refractivity contribution < 1.29 is 0 Å². The molecule has 1 heterocycles. The lowest BCUT2D eigenvalue weighted by atomic mass is 9.93. The maximum atomic E-state index is 4.50. The molecule has 4 heteroatoms. The Morgan fingerprint density at radius 3 is 2.43 bits per heavy atom. The molecule has 21 heavy (non-hydrogen) atoms. The predicted molar refractivity (Wildman–Crippen MR) is 91.8 cm³/mol. The van der Waals surface area contributed by atoms with E-state index in [4.69, 9.17) is 0 Å². The third kappa shape index (κ3) is 3.95.